The van der Waals surface area contributed by atoms with Gasteiger partial charge in [0.2, 0.25) is 0 Å². The van der Waals surface area contributed by atoms with Gasteiger partial charge in [0.25, 0.3) is 0 Å². The van der Waals surface area contributed by atoms with Crippen molar-refractivity contribution in [1.82, 2.24) is 0 Å². The molecule has 0 saturated heterocycles. The van der Waals surface area contributed by atoms with Gasteiger partial charge in [0.15, 0.2) is 0 Å². The Balaban J connectivity index is 3.70. The molecule has 0 aromatic rings. The average molecular weight is 181 g/mol. The summed E-state index contributed by atoms with van der Waals surface area (Å²) >= 11 is 0. The monoisotopic (exact) mass is 181 g/mol. The van der Waals surface area contributed by atoms with Crippen molar-refractivity contribution in [3.8, 4) is 6.07 Å². The number of hydrogen-bond acceptors (Lipinski definition) is 4. The van der Waals surface area contributed by atoms with E-state index in [4.69, 9.17) is 9.81 Å². The Morgan fingerprint density at radius 1 is 1.80 bits per heavy atom. The molecule has 0 aliphatic heterocycles. The molecule has 0 bridgehead atoms. The van der Waals surface area contributed by atoms with Crippen molar-refractivity contribution in [2.75, 3.05) is 5.75 Å². The van der Waals surface area contributed by atoms with Crippen LogP contribution >= 0.6 is 10.8 Å². The van der Waals surface area contributed by atoms with E-state index in [0.29, 0.717) is 10.8 Å². The lowest BCUT2D eigenvalue weighted by Crippen LogP contribution is -1.98. The van der Waals surface area contributed by atoms with Crippen LogP contribution in [0.3, 0.4) is 0 Å². The molecule has 6 heteroatoms. The highest BCUT2D eigenvalue weighted by Crippen LogP contribution is 2.13. The molecule has 0 aliphatic carbocycles. The quantitative estimate of drug-likeness (QED) is 0.511. The topological polar surface area (TPSA) is 78.2 Å². The average Bonchev–Trinajstić information content (AvgIpc) is 1.81. The largest absolute Gasteiger partial charge is 0.319 e. The summed E-state index contributed by atoms with van der Waals surface area (Å²) in [4.78, 5) is 0. The summed E-state index contributed by atoms with van der Waals surface area (Å²) in [6.45, 7) is 1.58. The Labute approximate surface area is 63.4 Å². The lowest BCUT2D eigenvalue weighted by Gasteiger charge is -1.96. The van der Waals surface area contributed by atoms with Crippen LogP contribution in [-0.4, -0.2) is 18.7 Å². The Kier molecular flexibility index (Phi) is 3.71. The first-order valence-electron chi connectivity index (χ1n) is 2.47. The molecule has 0 amide bonds. The molecule has 0 saturated carbocycles. The Morgan fingerprint density at radius 3 is 2.60 bits per heavy atom. The fraction of sp³-hybridized carbons (Fsp3) is 0.750. The molecule has 4 nitrogen and oxygen atoms in total. The van der Waals surface area contributed by atoms with Crippen molar-refractivity contribution in [2.24, 2.45) is 5.92 Å². The van der Waals surface area contributed by atoms with Crippen LogP contribution in [0.15, 0.2) is 0 Å². The lowest BCUT2D eigenvalue weighted by molar-refractivity contribution is 0.503. The van der Waals surface area contributed by atoms with E-state index in [-0.39, 0.29) is 11.7 Å². The highest BCUT2D eigenvalue weighted by atomic mass is 33.1. The van der Waals surface area contributed by atoms with Gasteiger partial charge in [0.1, 0.15) is 0 Å². The zero-order valence-electron chi connectivity index (χ0n) is 5.31. The highest BCUT2D eigenvalue weighted by molar-refractivity contribution is 8.69. The SMILES string of the molecule is CC(C#N)CSS(=O)(=O)O. The lowest BCUT2D eigenvalue weighted by atomic mass is 10.3. The second kappa shape index (κ2) is 3.81. The standard InChI is InChI=1S/C4H7NO3S2/c1-4(2-5)3-9-10(6,7)8/h4H,3H2,1H3,(H,6,7,8). The summed E-state index contributed by atoms with van der Waals surface area (Å²) in [5, 5.41) is 8.19. The van der Waals surface area contributed by atoms with Crippen molar-refractivity contribution in [3.05, 3.63) is 0 Å². The van der Waals surface area contributed by atoms with Crippen LogP contribution in [0.25, 0.3) is 0 Å². The minimum atomic E-state index is -3.96. The molecule has 0 aromatic carbocycles. The van der Waals surface area contributed by atoms with Crippen molar-refractivity contribution < 1.29 is 13.0 Å². The smallest absolute Gasteiger partial charge is 0.277 e. The van der Waals surface area contributed by atoms with Crippen LogP contribution in [0.5, 0.6) is 0 Å². The van der Waals surface area contributed by atoms with Gasteiger partial charge in [-0.2, -0.15) is 13.7 Å². The van der Waals surface area contributed by atoms with Crippen LogP contribution in [0.4, 0.5) is 0 Å². The molecule has 1 unspecified atom stereocenters. The first-order chi connectivity index (χ1) is 4.45. The number of hydrogen-bond donors (Lipinski definition) is 1. The molecule has 0 spiro atoms. The highest BCUT2D eigenvalue weighted by Gasteiger charge is 2.08. The number of nitriles is 1. The Bertz CT molecular complexity index is 227. The van der Waals surface area contributed by atoms with E-state index in [0.717, 1.165) is 0 Å². The molecule has 10 heavy (non-hydrogen) atoms. The molecular formula is C4H7NO3S2. The van der Waals surface area contributed by atoms with Crippen LogP contribution in [-0.2, 0) is 9.15 Å². The van der Waals surface area contributed by atoms with Crippen molar-refractivity contribution in [2.45, 2.75) is 6.92 Å². The summed E-state index contributed by atoms with van der Waals surface area (Å²) in [6.07, 6.45) is 0. The number of rotatable bonds is 3. The van der Waals surface area contributed by atoms with Gasteiger partial charge in [0.05, 0.1) is 12.0 Å². The predicted molar refractivity (Wildman–Crippen MR) is 38.8 cm³/mol. The molecule has 0 fully saturated rings. The predicted octanol–water partition coefficient (Wildman–Crippen LogP) is 0.682. The maximum absolute atomic E-state index is 10.1. The third kappa shape index (κ3) is 5.88. The summed E-state index contributed by atoms with van der Waals surface area (Å²) < 4.78 is 28.3. The molecule has 0 heterocycles. The van der Waals surface area contributed by atoms with E-state index in [9.17, 15) is 8.42 Å². The van der Waals surface area contributed by atoms with E-state index in [2.05, 4.69) is 0 Å². The van der Waals surface area contributed by atoms with Gasteiger partial charge in [-0.15, -0.1) is 0 Å². The third-order valence-corrected chi connectivity index (χ3v) is 2.92. The van der Waals surface area contributed by atoms with Gasteiger partial charge >= 0.3 is 9.15 Å². The normalized spacial score (nSPS) is 14.1. The van der Waals surface area contributed by atoms with Crippen LogP contribution in [0.1, 0.15) is 6.92 Å². The first-order valence-corrected chi connectivity index (χ1v) is 5.41. The van der Waals surface area contributed by atoms with Gasteiger partial charge in [-0.3, -0.25) is 4.55 Å². The van der Waals surface area contributed by atoms with Gasteiger partial charge in [-0.1, -0.05) is 0 Å². The van der Waals surface area contributed by atoms with E-state index in [1.54, 1.807) is 6.92 Å². The second-order valence-electron chi connectivity index (χ2n) is 1.74. The van der Waals surface area contributed by atoms with Crippen molar-refractivity contribution in [1.29, 1.82) is 5.26 Å². The van der Waals surface area contributed by atoms with E-state index >= 15 is 0 Å². The summed E-state index contributed by atoms with van der Waals surface area (Å²) in [5.74, 6) is -0.248. The molecular weight excluding hydrogens is 174 g/mol. The minimum Gasteiger partial charge on any atom is -0.277 e. The van der Waals surface area contributed by atoms with Crippen LogP contribution in [0, 0.1) is 17.2 Å². The summed E-state index contributed by atoms with van der Waals surface area (Å²) in [6, 6.07) is 1.84. The third-order valence-electron chi connectivity index (χ3n) is 0.687. The van der Waals surface area contributed by atoms with E-state index < -0.39 is 9.15 Å². The van der Waals surface area contributed by atoms with Crippen LogP contribution in [0.2, 0.25) is 0 Å². The second-order valence-corrected chi connectivity index (χ2v) is 5.14. The fourth-order valence-corrected chi connectivity index (χ4v) is 1.80. The zero-order chi connectivity index (χ0) is 8.20. The molecule has 0 aromatic heterocycles. The maximum Gasteiger partial charge on any atom is 0.319 e. The van der Waals surface area contributed by atoms with Crippen molar-refractivity contribution in [3.63, 3.8) is 0 Å². The van der Waals surface area contributed by atoms with Crippen LogP contribution < -0.4 is 0 Å². The first kappa shape index (κ1) is 9.75. The summed E-state index contributed by atoms with van der Waals surface area (Å²) in [5.41, 5.74) is 0. The Hall–Kier alpha value is -0.250. The summed E-state index contributed by atoms with van der Waals surface area (Å²) in [7, 11) is -3.59. The molecule has 1 atom stereocenters. The fourth-order valence-electron chi connectivity index (χ4n) is 0.225. The van der Waals surface area contributed by atoms with Gasteiger partial charge < -0.3 is 0 Å². The van der Waals surface area contributed by atoms with E-state index in [1.807, 2.05) is 6.07 Å². The van der Waals surface area contributed by atoms with Gasteiger partial charge in [0, 0.05) is 5.75 Å². The zero-order valence-corrected chi connectivity index (χ0v) is 6.94. The van der Waals surface area contributed by atoms with Gasteiger partial charge in [-0.05, 0) is 17.7 Å². The maximum atomic E-state index is 10.1. The van der Waals surface area contributed by atoms with E-state index in [1.165, 1.54) is 0 Å². The molecule has 0 aliphatic rings. The number of nitrogens with zero attached hydrogens (tertiary/aromatic N) is 1. The molecule has 58 valence electrons. The Morgan fingerprint density at radius 2 is 2.30 bits per heavy atom. The molecule has 0 radical (unpaired) electrons. The molecule has 1 N–H and O–H groups in total. The molecule has 0 rings (SSSR count). The van der Waals surface area contributed by atoms with Gasteiger partial charge in [-0.25, -0.2) is 0 Å². The van der Waals surface area contributed by atoms with Crippen molar-refractivity contribution >= 4 is 19.9 Å². The minimum absolute atomic E-state index is 0.106.